The number of ether oxygens (including phenoxy) is 3. The lowest BCUT2D eigenvalue weighted by atomic mass is 10.2. The van der Waals surface area contributed by atoms with Crippen LogP contribution in [0.25, 0.3) is 0 Å². The number of hydrogen-bond acceptors (Lipinski definition) is 5. The standard InChI is InChI=1S/C15H20N2O5/c1-3-21-15(19)17-11-7-6-10(9-13(11)20-2)16-14(18)12-5-4-8-22-12/h6-7,9,12H,3-5,8H2,1-2H3,(H,16,18)(H,17,19)/t12-/m0/s1. The minimum absolute atomic E-state index is 0.175. The molecule has 0 radical (unpaired) electrons. The second kappa shape index (κ2) is 7.65. The molecule has 1 saturated heterocycles. The lowest BCUT2D eigenvalue weighted by Crippen LogP contribution is -2.26. The van der Waals surface area contributed by atoms with Gasteiger partial charge >= 0.3 is 6.09 Å². The van der Waals surface area contributed by atoms with Crippen molar-refractivity contribution in [3.63, 3.8) is 0 Å². The van der Waals surface area contributed by atoms with Crippen molar-refractivity contribution in [3.05, 3.63) is 18.2 Å². The first-order valence-corrected chi connectivity index (χ1v) is 7.18. The molecule has 0 aliphatic carbocycles. The minimum atomic E-state index is -0.558. The van der Waals surface area contributed by atoms with Gasteiger partial charge in [-0.05, 0) is 31.9 Å². The normalized spacial score (nSPS) is 16.9. The smallest absolute Gasteiger partial charge is 0.411 e. The molecule has 7 nitrogen and oxygen atoms in total. The van der Waals surface area contributed by atoms with Gasteiger partial charge in [-0.15, -0.1) is 0 Å². The summed E-state index contributed by atoms with van der Waals surface area (Å²) in [5.41, 5.74) is 1.04. The largest absolute Gasteiger partial charge is 0.494 e. The summed E-state index contributed by atoms with van der Waals surface area (Å²) in [6, 6.07) is 4.95. The molecule has 22 heavy (non-hydrogen) atoms. The predicted molar refractivity (Wildman–Crippen MR) is 81.2 cm³/mol. The van der Waals surface area contributed by atoms with Crippen LogP contribution in [-0.2, 0) is 14.3 Å². The summed E-state index contributed by atoms with van der Waals surface area (Å²) in [6.45, 7) is 2.62. The number of nitrogens with one attached hydrogen (secondary N) is 2. The molecule has 1 heterocycles. The van der Waals surface area contributed by atoms with E-state index in [1.54, 1.807) is 25.1 Å². The minimum Gasteiger partial charge on any atom is -0.494 e. The van der Waals surface area contributed by atoms with Crippen molar-refractivity contribution < 1.29 is 23.8 Å². The van der Waals surface area contributed by atoms with Crippen molar-refractivity contribution in [2.24, 2.45) is 0 Å². The van der Waals surface area contributed by atoms with Crippen LogP contribution in [0.15, 0.2) is 18.2 Å². The average molecular weight is 308 g/mol. The third-order valence-electron chi connectivity index (χ3n) is 3.20. The molecule has 1 atom stereocenters. The molecule has 120 valence electrons. The van der Waals surface area contributed by atoms with Gasteiger partial charge in [0.1, 0.15) is 11.9 Å². The van der Waals surface area contributed by atoms with Gasteiger partial charge in [0.2, 0.25) is 0 Å². The van der Waals surface area contributed by atoms with E-state index in [9.17, 15) is 9.59 Å². The van der Waals surface area contributed by atoms with Crippen molar-refractivity contribution in [2.75, 3.05) is 31.0 Å². The molecule has 1 aromatic carbocycles. The molecule has 2 amide bonds. The van der Waals surface area contributed by atoms with Crippen LogP contribution in [-0.4, -0.2) is 38.4 Å². The van der Waals surface area contributed by atoms with E-state index in [4.69, 9.17) is 14.2 Å². The number of anilines is 2. The van der Waals surface area contributed by atoms with Gasteiger partial charge in [0.25, 0.3) is 5.91 Å². The van der Waals surface area contributed by atoms with E-state index in [0.717, 1.165) is 12.8 Å². The summed E-state index contributed by atoms with van der Waals surface area (Å²) in [7, 11) is 1.48. The highest BCUT2D eigenvalue weighted by molar-refractivity contribution is 5.95. The van der Waals surface area contributed by atoms with Crippen LogP contribution in [0.1, 0.15) is 19.8 Å². The third-order valence-corrected chi connectivity index (χ3v) is 3.20. The summed E-state index contributed by atoms with van der Waals surface area (Å²) >= 11 is 0. The van der Waals surface area contributed by atoms with Gasteiger partial charge in [-0.1, -0.05) is 0 Å². The van der Waals surface area contributed by atoms with E-state index < -0.39 is 12.2 Å². The zero-order valence-corrected chi connectivity index (χ0v) is 12.7. The second-order valence-corrected chi connectivity index (χ2v) is 4.75. The van der Waals surface area contributed by atoms with Crippen molar-refractivity contribution in [2.45, 2.75) is 25.9 Å². The molecule has 0 saturated carbocycles. The first-order chi connectivity index (χ1) is 10.6. The first-order valence-electron chi connectivity index (χ1n) is 7.18. The fourth-order valence-corrected chi connectivity index (χ4v) is 2.16. The molecule has 1 aromatic rings. The first kappa shape index (κ1) is 16.1. The van der Waals surface area contributed by atoms with Crippen LogP contribution in [0, 0.1) is 0 Å². The number of benzene rings is 1. The molecule has 0 spiro atoms. The van der Waals surface area contributed by atoms with Gasteiger partial charge < -0.3 is 19.5 Å². The Morgan fingerprint density at radius 1 is 1.36 bits per heavy atom. The molecule has 0 bridgehead atoms. The molecule has 1 fully saturated rings. The molecule has 1 aliphatic rings. The van der Waals surface area contributed by atoms with Crippen LogP contribution in [0.4, 0.5) is 16.2 Å². The maximum absolute atomic E-state index is 12.0. The van der Waals surface area contributed by atoms with Gasteiger partial charge in [-0.25, -0.2) is 4.79 Å². The van der Waals surface area contributed by atoms with E-state index in [-0.39, 0.29) is 12.5 Å². The highest BCUT2D eigenvalue weighted by atomic mass is 16.5. The lowest BCUT2D eigenvalue weighted by Gasteiger charge is -2.14. The molecule has 2 N–H and O–H groups in total. The molecule has 1 aliphatic heterocycles. The highest BCUT2D eigenvalue weighted by Gasteiger charge is 2.23. The van der Waals surface area contributed by atoms with E-state index in [0.29, 0.717) is 23.7 Å². The number of amides is 2. The van der Waals surface area contributed by atoms with Crippen LogP contribution in [0.5, 0.6) is 5.75 Å². The van der Waals surface area contributed by atoms with E-state index in [1.807, 2.05) is 0 Å². The SMILES string of the molecule is CCOC(=O)Nc1ccc(NC(=O)[C@@H]2CCCO2)cc1OC. The van der Waals surface area contributed by atoms with Crippen LogP contribution >= 0.6 is 0 Å². The summed E-state index contributed by atoms with van der Waals surface area (Å²) in [6.07, 6.45) is 0.662. The molecular weight excluding hydrogens is 288 g/mol. The van der Waals surface area contributed by atoms with Crippen molar-refractivity contribution in [1.82, 2.24) is 0 Å². The Balaban J connectivity index is 2.04. The van der Waals surface area contributed by atoms with E-state index >= 15 is 0 Å². The number of carbonyl (C=O) groups excluding carboxylic acids is 2. The molecule has 7 heteroatoms. The number of rotatable bonds is 5. The Morgan fingerprint density at radius 2 is 2.18 bits per heavy atom. The number of methoxy groups -OCH3 is 1. The Kier molecular flexibility index (Phi) is 5.60. The van der Waals surface area contributed by atoms with Crippen LogP contribution in [0.3, 0.4) is 0 Å². The van der Waals surface area contributed by atoms with E-state index in [2.05, 4.69) is 10.6 Å². The second-order valence-electron chi connectivity index (χ2n) is 4.75. The van der Waals surface area contributed by atoms with Crippen molar-refractivity contribution in [3.8, 4) is 5.75 Å². The van der Waals surface area contributed by atoms with Gasteiger partial charge in [0.05, 0.1) is 19.4 Å². The van der Waals surface area contributed by atoms with E-state index in [1.165, 1.54) is 7.11 Å². The molecule has 0 unspecified atom stereocenters. The maximum Gasteiger partial charge on any atom is 0.411 e. The lowest BCUT2D eigenvalue weighted by molar-refractivity contribution is -0.124. The number of hydrogen-bond donors (Lipinski definition) is 2. The fourth-order valence-electron chi connectivity index (χ4n) is 2.16. The Hall–Kier alpha value is -2.28. The van der Waals surface area contributed by atoms with Gasteiger partial charge in [-0.3, -0.25) is 10.1 Å². The molecular formula is C15H20N2O5. The molecule has 2 rings (SSSR count). The van der Waals surface area contributed by atoms with Crippen LogP contribution in [0.2, 0.25) is 0 Å². The van der Waals surface area contributed by atoms with Gasteiger partial charge in [-0.2, -0.15) is 0 Å². The zero-order valence-electron chi connectivity index (χ0n) is 12.7. The topological polar surface area (TPSA) is 85.9 Å². The monoisotopic (exact) mass is 308 g/mol. The number of carbonyl (C=O) groups is 2. The van der Waals surface area contributed by atoms with Crippen LogP contribution < -0.4 is 15.4 Å². The maximum atomic E-state index is 12.0. The van der Waals surface area contributed by atoms with Gasteiger partial charge in [0, 0.05) is 18.4 Å². The Morgan fingerprint density at radius 3 is 2.82 bits per heavy atom. The highest BCUT2D eigenvalue weighted by Crippen LogP contribution is 2.28. The van der Waals surface area contributed by atoms with Crippen molar-refractivity contribution >= 4 is 23.4 Å². The van der Waals surface area contributed by atoms with Crippen molar-refractivity contribution in [1.29, 1.82) is 0 Å². The Bertz CT molecular complexity index is 541. The summed E-state index contributed by atoms with van der Waals surface area (Å²) < 4.78 is 15.4. The molecule has 0 aromatic heterocycles. The van der Waals surface area contributed by atoms with Gasteiger partial charge in [0.15, 0.2) is 0 Å². The zero-order chi connectivity index (χ0) is 15.9. The third kappa shape index (κ3) is 4.11. The summed E-state index contributed by atoms with van der Waals surface area (Å²) in [5.74, 6) is 0.254. The average Bonchev–Trinajstić information content (AvgIpc) is 3.03. The quantitative estimate of drug-likeness (QED) is 0.872. The summed E-state index contributed by atoms with van der Waals surface area (Å²) in [5, 5.41) is 5.35. The predicted octanol–water partition coefficient (Wildman–Crippen LogP) is 2.38. The fraction of sp³-hybridized carbons (Fsp3) is 0.467. The summed E-state index contributed by atoms with van der Waals surface area (Å²) in [4.78, 5) is 23.4. The Labute approximate surface area is 128 Å².